The Morgan fingerprint density at radius 2 is 1.50 bits per heavy atom. The predicted octanol–water partition coefficient (Wildman–Crippen LogP) is 3.64. The highest BCUT2D eigenvalue weighted by atomic mass is 32.1. The highest BCUT2D eigenvalue weighted by molar-refractivity contribution is 7.14. The Morgan fingerprint density at radius 1 is 0.894 bits per heavy atom. The van der Waals surface area contributed by atoms with Crippen LogP contribution in [0.3, 0.4) is 0 Å². The standard InChI is InChI=1S/C40H60N12O13S/c1-36(2,3)61-32(57)42-17-13-16-41-30(47-33(58)62-37(4,5)6)51(35(60)64-39(10,11)12)19-22-18-43-52(49-22)20-23-25(27(53)44-23)46-28(54)26(50-65-40(14-15-40)29(55)56)24-21-66-31(45-24)48-34(59)63-38(7,8)9/h18,21,23,25H,13-17,19-20H2,1-12H3,(H,42,57)(H,44,53)(H,46,54)(H,55,56)(H,41,47,58)(H,45,48,59)/t23-,25-/m0/s1. The summed E-state index contributed by atoms with van der Waals surface area (Å²) in [5, 5.41) is 37.0. The molecule has 66 heavy (non-hydrogen) atoms. The summed E-state index contributed by atoms with van der Waals surface area (Å²) in [5.74, 6) is -3.03. The van der Waals surface area contributed by atoms with Crippen LogP contribution in [-0.4, -0.2) is 137 Å². The largest absolute Gasteiger partial charge is 0.478 e. The van der Waals surface area contributed by atoms with Crippen LogP contribution in [0.15, 0.2) is 21.7 Å². The number of aliphatic imine (C=N–C) groups is 1. The summed E-state index contributed by atoms with van der Waals surface area (Å²) in [4.78, 5) is 106. The molecule has 2 aromatic heterocycles. The summed E-state index contributed by atoms with van der Waals surface area (Å²) < 4.78 is 21.6. The van der Waals surface area contributed by atoms with Crippen LogP contribution in [0, 0.1) is 0 Å². The first kappa shape index (κ1) is 52.0. The molecule has 4 rings (SSSR count). The van der Waals surface area contributed by atoms with E-state index in [0.717, 1.165) is 16.2 Å². The maximum absolute atomic E-state index is 13.8. The van der Waals surface area contributed by atoms with Crippen LogP contribution in [0.25, 0.3) is 0 Å². The number of alkyl carbamates (subject to hydrolysis) is 1. The molecule has 26 heteroatoms. The second-order valence-corrected chi connectivity index (χ2v) is 20.0. The molecule has 0 bridgehead atoms. The Morgan fingerprint density at radius 3 is 2.08 bits per heavy atom. The number of anilines is 1. The van der Waals surface area contributed by atoms with E-state index in [4.69, 9.17) is 23.8 Å². The summed E-state index contributed by atoms with van der Waals surface area (Å²) in [6, 6.07) is -1.94. The molecule has 0 unspecified atom stereocenters. The number of nitrogens with zero attached hydrogens (tertiary/aromatic N) is 7. The summed E-state index contributed by atoms with van der Waals surface area (Å²) in [6.45, 7) is 20.0. The van der Waals surface area contributed by atoms with Crippen molar-refractivity contribution in [2.24, 2.45) is 10.1 Å². The molecule has 1 saturated carbocycles. The van der Waals surface area contributed by atoms with Gasteiger partial charge in [0.05, 0.1) is 25.3 Å². The number of aromatic nitrogens is 4. The average Bonchev–Trinajstić information content (AvgIpc) is 3.59. The van der Waals surface area contributed by atoms with Gasteiger partial charge in [-0.25, -0.2) is 33.9 Å². The molecule has 0 radical (unpaired) electrons. The number of hydrogen-bond acceptors (Lipinski definition) is 17. The summed E-state index contributed by atoms with van der Waals surface area (Å²) in [5.41, 5.74) is -5.40. The third-order valence-corrected chi connectivity index (χ3v) is 9.06. The summed E-state index contributed by atoms with van der Waals surface area (Å²) in [7, 11) is 0. The van der Waals surface area contributed by atoms with E-state index in [-0.39, 0.29) is 61.5 Å². The number of carboxylic acid groups (broad SMARTS) is 1. The van der Waals surface area contributed by atoms with Crippen molar-refractivity contribution in [1.82, 2.24) is 46.1 Å². The lowest BCUT2D eigenvalue weighted by molar-refractivity contribution is -0.153. The monoisotopic (exact) mass is 948 g/mol. The fraction of sp³-hybridized carbons (Fsp3) is 0.650. The van der Waals surface area contributed by atoms with E-state index >= 15 is 0 Å². The number of β-lactam (4-membered cyclic amide) rings is 1. The van der Waals surface area contributed by atoms with Gasteiger partial charge >= 0.3 is 30.3 Å². The van der Waals surface area contributed by atoms with E-state index in [1.807, 2.05) is 0 Å². The zero-order chi connectivity index (χ0) is 49.4. The third-order valence-electron chi connectivity index (χ3n) is 8.30. The Hall–Kier alpha value is -6.60. The summed E-state index contributed by atoms with van der Waals surface area (Å²) in [6.07, 6.45) is -1.39. The van der Waals surface area contributed by atoms with Crippen molar-refractivity contribution in [3.05, 3.63) is 23.0 Å². The lowest BCUT2D eigenvalue weighted by Gasteiger charge is -2.36. The molecule has 2 fully saturated rings. The van der Waals surface area contributed by atoms with Gasteiger partial charge in [0.2, 0.25) is 17.5 Å². The second-order valence-electron chi connectivity index (χ2n) is 19.1. The summed E-state index contributed by atoms with van der Waals surface area (Å²) >= 11 is 0.932. The molecule has 6 amide bonds. The van der Waals surface area contributed by atoms with Crippen molar-refractivity contribution in [2.75, 3.05) is 18.4 Å². The molecule has 25 nitrogen and oxygen atoms in total. The van der Waals surface area contributed by atoms with Crippen molar-refractivity contribution in [1.29, 1.82) is 0 Å². The van der Waals surface area contributed by atoms with Gasteiger partial charge in [-0.1, -0.05) is 5.16 Å². The normalized spacial score (nSPS) is 17.2. The van der Waals surface area contributed by atoms with E-state index in [2.05, 4.69) is 51.9 Å². The Labute approximate surface area is 385 Å². The van der Waals surface area contributed by atoms with Crippen molar-refractivity contribution in [3.8, 4) is 0 Å². The lowest BCUT2D eigenvalue weighted by Crippen LogP contribution is -2.70. The van der Waals surface area contributed by atoms with Gasteiger partial charge in [0.15, 0.2) is 10.8 Å². The first-order chi connectivity index (χ1) is 30.4. The Bertz CT molecular complexity index is 2190. The molecule has 364 valence electrons. The van der Waals surface area contributed by atoms with Crippen molar-refractivity contribution >= 4 is 70.3 Å². The molecule has 2 atom stereocenters. The number of aliphatic carboxylic acids is 1. The van der Waals surface area contributed by atoms with Crippen LogP contribution in [0.1, 0.15) is 114 Å². The number of ether oxygens (including phenoxy) is 4. The predicted molar refractivity (Wildman–Crippen MR) is 235 cm³/mol. The van der Waals surface area contributed by atoms with Gasteiger partial charge in [-0.05, 0) is 89.5 Å². The quantitative estimate of drug-likeness (QED) is 0.0371. The van der Waals surface area contributed by atoms with Crippen LogP contribution >= 0.6 is 11.3 Å². The van der Waals surface area contributed by atoms with E-state index in [1.54, 1.807) is 83.1 Å². The number of guanidine groups is 1. The molecule has 3 heterocycles. The lowest BCUT2D eigenvalue weighted by atomic mass is 9.98. The molecule has 1 saturated heterocycles. The smallest absolute Gasteiger partial charge is 0.437 e. The van der Waals surface area contributed by atoms with E-state index in [9.17, 15) is 38.7 Å². The van der Waals surface area contributed by atoms with E-state index < -0.39 is 88.0 Å². The maximum Gasteiger partial charge on any atom is 0.437 e. The Kier molecular flexibility index (Phi) is 16.3. The number of amides is 6. The second kappa shape index (κ2) is 20.7. The van der Waals surface area contributed by atoms with Crippen molar-refractivity contribution in [2.45, 2.75) is 156 Å². The number of carboxylic acids is 1. The van der Waals surface area contributed by atoms with Gasteiger partial charge in [-0.3, -0.25) is 14.9 Å². The number of hydrogen-bond donors (Lipinski definition) is 6. The topological polar surface area (TPSA) is 318 Å². The van der Waals surface area contributed by atoms with Crippen molar-refractivity contribution in [3.63, 3.8) is 0 Å². The number of oxime groups is 1. The molecular formula is C40H60N12O13S. The van der Waals surface area contributed by atoms with Crippen LogP contribution in [0.5, 0.6) is 0 Å². The molecule has 1 aliphatic heterocycles. The highest BCUT2D eigenvalue weighted by Crippen LogP contribution is 2.40. The van der Waals surface area contributed by atoms with Crippen LogP contribution in [0.4, 0.5) is 24.3 Å². The van der Waals surface area contributed by atoms with Gasteiger partial charge in [-0.15, -0.1) is 16.3 Å². The zero-order valence-corrected chi connectivity index (χ0v) is 40.0. The number of nitrogens with one attached hydrogen (secondary N) is 5. The number of rotatable bonds is 15. The SMILES string of the molecule is CC(C)(C)OC(=O)/N=C(\NCCCNC(=O)OC(C)(C)C)N(Cc1cnn(C[C@@H]2NC(=O)[C@H]2NC(=O)C(=NOC2(C(=O)O)CC2)c2csc(NC(=O)OC(C)(C)C)n2)n1)C(=O)OC(C)(C)C. The van der Waals surface area contributed by atoms with Crippen LogP contribution in [-0.2, 0) is 51.3 Å². The first-order valence-corrected chi connectivity index (χ1v) is 21.8. The van der Waals surface area contributed by atoms with Gasteiger partial charge in [-0.2, -0.15) is 15.0 Å². The third kappa shape index (κ3) is 16.8. The van der Waals surface area contributed by atoms with E-state index in [1.165, 1.54) is 16.4 Å². The minimum absolute atomic E-state index is 0.0378. The molecule has 2 aromatic rings. The minimum atomic E-state index is -1.63. The zero-order valence-electron chi connectivity index (χ0n) is 39.1. The van der Waals surface area contributed by atoms with Gasteiger partial charge in [0.25, 0.3) is 5.91 Å². The number of carbonyl (C=O) groups excluding carboxylic acids is 6. The molecule has 2 aliphatic rings. The van der Waals surface area contributed by atoms with Crippen LogP contribution in [0.2, 0.25) is 0 Å². The Balaban J connectivity index is 1.52. The van der Waals surface area contributed by atoms with E-state index in [0.29, 0.717) is 6.42 Å². The highest BCUT2D eigenvalue weighted by Gasteiger charge is 2.55. The van der Waals surface area contributed by atoms with Crippen molar-refractivity contribution < 1.29 is 62.5 Å². The molecular weight excluding hydrogens is 889 g/mol. The molecule has 0 aromatic carbocycles. The maximum atomic E-state index is 13.8. The van der Waals surface area contributed by atoms with Gasteiger partial charge in [0, 0.05) is 31.3 Å². The number of carbonyl (C=O) groups is 7. The fourth-order valence-corrected chi connectivity index (χ4v) is 6.01. The molecule has 6 N–H and O–H groups in total. The fourth-order valence-electron chi connectivity index (χ4n) is 5.33. The van der Waals surface area contributed by atoms with Gasteiger partial charge in [0.1, 0.15) is 39.8 Å². The molecule has 1 aliphatic carbocycles. The van der Waals surface area contributed by atoms with Crippen LogP contribution < -0.4 is 26.6 Å². The minimum Gasteiger partial charge on any atom is -0.478 e. The first-order valence-electron chi connectivity index (χ1n) is 20.9. The number of thiazole rings is 1. The average molecular weight is 949 g/mol. The van der Waals surface area contributed by atoms with Gasteiger partial charge < -0.3 is 50.2 Å². The molecule has 0 spiro atoms.